The lowest BCUT2D eigenvalue weighted by atomic mass is 10.1. The molecule has 0 saturated carbocycles. The zero-order valence-corrected chi connectivity index (χ0v) is 13.1. The molecule has 1 aliphatic rings. The summed E-state index contributed by atoms with van der Waals surface area (Å²) in [4.78, 5) is 23.9. The van der Waals surface area contributed by atoms with Gasteiger partial charge in [-0.15, -0.1) is 10.2 Å². The first-order chi connectivity index (χ1) is 11.2. The average Bonchev–Trinajstić information content (AvgIpc) is 3.25. The summed E-state index contributed by atoms with van der Waals surface area (Å²) in [5, 5.41) is 16.2. The van der Waals surface area contributed by atoms with Crippen molar-refractivity contribution in [3.63, 3.8) is 0 Å². The number of hydrazone groups is 1. The third kappa shape index (κ3) is 3.98. The van der Waals surface area contributed by atoms with Crippen molar-refractivity contribution in [2.75, 3.05) is 11.9 Å². The third-order valence-electron chi connectivity index (χ3n) is 3.37. The second-order valence-corrected chi connectivity index (χ2v) is 5.80. The van der Waals surface area contributed by atoms with Crippen LogP contribution in [0.5, 0.6) is 0 Å². The van der Waals surface area contributed by atoms with E-state index in [-0.39, 0.29) is 24.7 Å². The standard InChI is InChI=1S/C15H15N5O2S/c21-13(17-15-18-16-10-23-15)6-7-14(22)20-9-8-12(19-20)11-4-2-1-3-5-11/h1-5,10H,6-9H2,(H,17,18,21). The summed E-state index contributed by atoms with van der Waals surface area (Å²) in [6.45, 7) is 0.557. The quantitative estimate of drug-likeness (QED) is 0.907. The Morgan fingerprint density at radius 3 is 2.78 bits per heavy atom. The molecule has 1 aromatic heterocycles. The van der Waals surface area contributed by atoms with E-state index in [2.05, 4.69) is 20.6 Å². The van der Waals surface area contributed by atoms with Gasteiger partial charge in [-0.1, -0.05) is 41.7 Å². The Balaban J connectivity index is 1.51. The molecule has 0 saturated heterocycles. The molecular formula is C15H15N5O2S. The molecular weight excluding hydrogens is 314 g/mol. The highest BCUT2D eigenvalue weighted by atomic mass is 32.1. The molecule has 0 bridgehead atoms. The fraction of sp³-hybridized carbons (Fsp3) is 0.267. The molecule has 23 heavy (non-hydrogen) atoms. The maximum atomic E-state index is 12.1. The molecule has 1 aliphatic heterocycles. The van der Waals surface area contributed by atoms with Gasteiger partial charge in [0.05, 0.1) is 12.3 Å². The molecule has 0 aliphatic carbocycles. The Morgan fingerprint density at radius 1 is 1.22 bits per heavy atom. The van der Waals surface area contributed by atoms with Crippen LogP contribution in [0.2, 0.25) is 0 Å². The molecule has 2 amide bonds. The zero-order valence-electron chi connectivity index (χ0n) is 12.3. The molecule has 8 heteroatoms. The van der Waals surface area contributed by atoms with Crippen LogP contribution in [0, 0.1) is 0 Å². The monoisotopic (exact) mass is 329 g/mol. The van der Waals surface area contributed by atoms with Crippen molar-refractivity contribution in [2.45, 2.75) is 19.3 Å². The molecule has 2 heterocycles. The van der Waals surface area contributed by atoms with E-state index in [0.29, 0.717) is 11.7 Å². The first kappa shape index (κ1) is 15.3. The number of hydrogen-bond donors (Lipinski definition) is 1. The fourth-order valence-corrected chi connectivity index (χ4v) is 2.69. The number of anilines is 1. The SMILES string of the molecule is O=C(CCC(=O)N1CCC(c2ccccc2)=N1)Nc1nncs1. The van der Waals surface area contributed by atoms with Crippen molar-refractivity contribution < 1.29 is 9.59 Å². The minimum atomic E-state index is -0.249. The molecule has 0 spiro atoms. The van der Waals surface area contributed by atoms with Crippen LogP contribution >= 0.6 is 11.3 Å². The summed E-state index contributed by atoms with van der Waals surface area (Å²) in [6.07, 6.45) is 0.952. The second-order valence-electron chi connectivity index (χ2n) is 4.97. The van der Waals surface area contributed by atoms with Crippen molar-refractivity contribution in [1.29, 1.82) is 0 Å². The van der Waals surface area contributed by atoms with Crippen LogP contribution in [-0.2, 0) is 9.59 Å². The lowest BCUT2D eigenvalue weighted by molar-refractivity contribution is -0.132. The number of hydrogen-bond acceptors (Lipinski definition) is 6. The summed E-state index contributed by atoms with van der Waals surface area (Å²) in [7, 11) is 0. The van der Waals surface area contributed by atoms with E-state index in [1.165, 1.54) is 21.9 Å². The fourth-order valence-electron chi connectivity index (χ4n) is 2.23. The highest BCUT2D eigenvalue weighted by Gasteiger charge is 2.21. The summed E-state index contributed by atoms with van der Waals surface area (Å²) < 4.78 is 0. The van der Waals surface area contributed by atoms with Crippen molar-refractivity contribution in [3.05, 3.63) is 41.4 Å². The van der Waals surface area contributed by atoms with Crippen LogP contribution in [0.1, 0.15) is 24.8 Å². The van der Waals surface area contributed by atoms with Crippen LogP contribution in [0.3, 0.4) is 0 Å². The van der Waals surface area contributed by atoms with Crippen molar-refractivity contribution in [3.8, 4) is 0 Å². The number of benzene rings is 1. The maximum Gasteiger partial charge on any atom is 0.243 e. The Kier molecular flexibility index (Phi) is 4.72. The van der Waals surface area contributed by atoms with Gasteiger partial charge in [-0.3, -0.25) is 9.59 Å². The van der Waals surface area contributed by atoms with Crippen LogP contribution in [0.4, 0.5) is 5.13 Å². The van der Waals surface area contributed by atoms with Gasteiger partial charge in [0.25, 0.3) is 0 Å². The molecule has 0 atom stereocenters. The van der Waals surface area contributed by atoms with E-state index in [0.717, 1.165) is 17.7 Å². The summed E-state index contributed by atoms with van der Waals surface area (Å²) in [5.74, 6) is -0.398. The third-order valence-corrected chi connectivity index (χ3v) is 3.98. The number of aromatic nitrogens is 2. The van der Waals surface area contributed by atoms with Crippen molar-refractivity contribution >= 4 is 34.0 Å². The Hall–Kier alpha value is -2.61. The summed E-state index contributed by atoms with van der Waals surface area (Å²) in [6, 6.07) is 9.78. The topological polar surface area (TPSA) is 87.5 Å². The first-order valence-electron chi connectivity index (χ1n) is 7.21. The predicted octanol–water partition coefficient (Wildman–Crippen LogP) is 1.89. The number of nitrogens with one attached hydrogen (secondary N) is 1. The number of carbonyl (C=O) groups is 2. The molecule has 7 nitrogen and oxygen atoms in total. The lowest BCUT2D eigenvalue weighted by Crippen LogP contribution is -2.24. The van der Waals surface area contributed by atoms with Gasteiger partial charge >= 0.3 is 0 Å². The largest absolute Gasteiger partial charge is 0.301 e. The zero-order chi connectivity index (χ0) is 16.1. The van der Waals surface area contributed by atoms with E-state index in [1.54, 1.807) is 0 Å². The van der Waals surface area contributed by atoms with Crippen molar-refractivity contribution in [1.82, 2.24) is 15.2 Å². The van der Waals surface area contributed by atoms with E-state index in [1.807, 2.05) is 30.3 Å². The Morgan fingerprint density at radius 2 is 2.04 bits per heavy atom. The van der Waals surface area contributed by atoms with Gasteiger partial charge in [0.2, 0.25) is 16.9 Å². The molecule has 1 aromatic carbocycles. The molecule has 0 fully saturated rings. The minimum Gasteiger partial charge on any atom is -0.301 e. The highest BCUT2D eigenvalue weighted by molar-refractivity contribution is 7.13. The number of carbonyl (C=O) groups excluding carboxylic acids is 2. The predicted molar refractivity (Wildman–Crippen MR) is 87.1 cm³/mol. The molecule has 0 radical (unpaired) electrons. The van der Waals surface area contributed by atoms with E-state index >= 15 is 0 Å². The summed E-state index contributed by atoms with van der Waals surface area (Å²) >= 11 is 1.24. The lowest BCUT2D eigenvalue weighted by Gasteiger charge is -2.10. The van der Waals surface area contributed by atoms with Crippen LogP contribution < -0.4 is 5.32 Å². The molecule has 118 valence electrons. The minimum absolute atomic E-state index is 0.102. The van der Waals surface area contributed by atoms with Crippen LogP contribution in [-0.4, -0.2) is 39.3 Å². The second kappa shape index (κ2) is 7.10. The van der Waals surface area contributed by atoms with Gasteiger partial charge in [0.15, 0.2) is 0 Å². The Labute approximate surface area is 137 Å². The van der Waals surface area contributed by atoms with Crippen LogP contribution in [0.15, 0.2) is 40.9 Å². The van der Waals surface area contributed by atoms with Gasteiger partial charge in [-0.25, -0.2) is 5.01 Å². The number of rotatable bonds is 5. The van der Waals surface area contributed by atoms with Gasteiger partial charge in [-0.2, -0.15) is 5.10 Å². The maximum absolute atomic E-state index is 12.1. The van der Waals surface area contributed by atoms with Crippen molar-refractivity contribution in [2.24, 2.45) is 5.10 Å². The molecule has 3 rings (SSSR count). The first-order valence-corrected chi connectivity index (χ1v) is 8.09. The van der Waals surface area contributed by atoms with Gasteiger partial charge in [0, 0.05) is 19.3 Å². The average molecular weight is 329 g/mol. The molecule has 0 unspecified atom stereocenters. The summed E-state index contributed by atoms with van der Waals surface area (Å²) in [5.41, 5.74) is 3.46. The molecule has 2 aromatic rings. The normalized spacial score (nSPS) is 13.7. The van der Waals surface area contributed by atoms with E-state index in [9.17, 15) is 9.59 Å². The van der Waals surface area contributed by atoms with E-state index < -0.39 is 0 Å². The smallest absolute Gasteiger partial charge is 0.243 e. The van der Waals surface area contributed by atoms with E-state index in [4.69, 9.17) is 0 Å². The highest BCUT2D eigenvalue weighted by Crippen LogP contribution is 2.15. The van der Waals surface area contributed by atoms with Gasteiger partial charge < -0.3 is 5.32 Å². The number of amides is 2. The molecule has 1 N–H and O–H groups in total. The van der Waals surface area contributed by atoms with Gasteiger partial charge in [0.1, 0.15) is 5.51 Å². The number of nitrogens with zero attached hydrogens (tertiary/aromatic N) is 4. The van der Waals surface area contributed by atoms with Crippen LogP contribution in [0.25, 0.3) is 0 Å². The Bertz CT molecular complexity index is 715. The van der Waals surface area contributed by atoms with Gasteiger partial charge in [-0.05, 0) is 5.56 Å².